The number of methoxy groups -OCH3 is 1. The van der Waals surface area contributed by atoms with Crippen molar-refractivity contribution in [3.05, 3.63) is 12.7 Å². The topological polar surface area (TPSA) is 35.5 Å². The average molecular weight is 172 g/mol. The Morgan fingerprint density at radius 2 is 2.08 bits per heavy atom. The molecule has 0 heterocycles. The molecule has 0 radical (unpaired) electrons. The summed E-state index contributed by atoms with van der Waals surface area (Å²) in [5.41, 5.74) is -0.646. The Bertz CT molecular complexity index is 175. The minimum absolute atomic E-state index is 0.175. The lowest BCUT2D eigenvalue weighted by molar-refractivity contribution is -0.0140. The first-order valence-corrected chi connectivity index (χ1v) is 3.87. The minimum atomic E-state index is -0.675. The van der Waals surface area contributed by atoms with Crippen LogP contribution in [0.1, 0.15) is 20.8 Å². The van der Waals surface area contributed by atoms with Gasteiger partial charge in [0.05, 0.1) is 7.11 Å². The summed E-state index contributed by atoms with van der Waals surface area (Å²) in [5.74, 6) is 0.175. The van der Waals surface area contributed by atoms with E-state index in [-0.39, 0.29) is 5.92 Å². The maximum absolute atomic E-state index is 10.8. The molecule has 3 nitrogen and oxygen atoms in total. The van der Waals surface area contributed by atoms with Crippen LogP contribution in [0.4, 0.5) is 4.79 Å². The molecule has 0 amide bonds. The molecular weight excluding hydrogens is 156 g/mol. The number of hydrogen-bond acceptors (Lipinski definition) is 3. The molecule has 0 rings (SSSR count). The van der Waals surface area contributed by atoms with E-state index in [1.165, 1.54) is 7.11 Å². The van der Waals surface area contributed by atoms with Gasteiger partial charge in [-0.3, -0.25) is 0 Å². The van der Waals surface area contributed by atoms with Crippen molar-refractivity contribution in [2.75, 3.05) is 7.11 Å². The average Bonchev–Trinajstić information content (AvgIpc) is 2.03. The fourth-order valence-electron chi connectivity index (χ4n) is 0.616. The van der Waals surface area contributed by atoms with Gasteiger partial charge in [-0.1, -0.05) is 20.4 Å². The van der Waals surface area contributed by atoms with Crippen molar-refractivity contribution in [2.24, 2.45) is 5.92 Å². The fraction of sp³-hybridized carbons (Fsp3) is 0.667. The van der Waals surface area contributed by atoms with Crippen LogP contribution in [0.2, 0.25) is 0 Å². The molecule has 0 N–H and O–H groups in total. The Kier molecular flexibility index (Phi) is 3.80. The molecule has 0 aliphatic carbocycles. The van der Waals surface area contributed by atoms with Crippen LogP contribution < -0.4 is 0 Å². The number of rotatable bonds is 3. The lowest BCUT2D eigenvalue weighted by atomic mass is 9.93. The van der Waals surface area contributed by atoms with E-state index in [2.05, 4.69) is 11.3 Å². The Hall–Kier alpha value is -0.990. The molecule has 0 spiro atoms. The third-order valence-corrected chi connectivity index (χ3v) is 2.02. The molecule has 0 aromatic rings. The number of carbonyl (C=O) groups is 1. The smallest absolute Gasteiger partial charge is 0.438 e. The SMILES string of the molecule is C=C[C@](C)(OC(=O)OC)C(C)C. The largest absolute Gasteiger partial charge is 0.508 e. The van der Waals surface area contributed by atoms with E-state index in [0.29, 0.717) is 0 Å². The molecule has 0 saturated carbocycles. The summed E-state index contributed by atoms with van der Waals surface area (Å²) < 4.78 is 9.41. The number of hydrogen-bond donors (Lipinski definition) is 0. The molecule has 12 heavy (non-hydrogen) atoms. The highest BCUT2D eigenvalue weighted by Crippen LogP contribution is 2.22. The van der Waals surface area contributed by atoms with Crippen LogP contribution >= 0.6 is 0 Å². The quantitative estimate of drug-likeness (QED) is 0.484. The van der Waals surface area contributed by atoms with Crippen LogP contribution in [0.25, 0.3) is 0 Å². The second kappa shape index (κ2) is 4.14. The maximum Gasteiger partial charge on any atom is 0.508 e. The molecule has 0 fully saturated rings. The highest BCUT2D eigenvalue weighted by Gasteiger charge is 2.29. The van der Waals surface area contributed by atoms with Gasteiger partial charge in [-0.2, -0.15) is 0 Å². The van der Waals surface area contributed by atoms with Crippen molar-refractivity contribution < 1.29 is 14.3 Å². The van der Waals surface area contributed by atoms with Gasteiger partial charge in [0.15, 0.2) is 0 Å². The zero-order valence-electron chi connectivity index (χ0n) is 8.09. The summed E-state index contributed by atoms with van der Waals surface area (Å²) in [4.78, 5) is 10.8. The molecule has 3 heteroatoms. The summed E-state index contributed by atoms with van der Waals surface area (Å²) >= 11 is 0. The summed E-state index contributed by atoms with van der Waals surface area (Å²) in [6, 6.07) is 0. The lowest BCUT2D eigenvalue weighted by Crippen LogP contribution is -2.34. The molecule has 0 bridgehead atoms. The van der Waals surface area contributed by atoms with Gasteiger partial charge < -0.3 is 9.47 Å². The lowest BCUT2D eigenvalue weighted by Gasteiger charge is -2.28. The van der Waals surface area contributed by atoms with E-state index in [4.69, 9.17) is 4.74 Å². The third kappa shape index (κ3) is 2.57. The summed E-state index contributed by atoms with van der Waals surface area (Å²) in [7, 11) is 1.28. The molecule has 0 aliphatic heterocycles. The Morgan fingerprint density at radius 3 is 2.33 bits per heavy atom. The van der Waals surface area contributed by atoms with Crippen LogP contribution in [-0.2, 0) is 9.47 Å². The Morgan fingerprint density at radius 1 is 1.58 bits per heavy atom. The standard InChI is InChI=1S/C9H16O3/c1-6-9(4,7(2)3)12-8(10)11-5/h6-7H,1H2,2-5H3/t9-/m0/s1. The normalized spacial score (nSPS) is 15.1. The summed E-state index contributed by atoms with van der Waals surface area (Å²) in [6.45, 7) is 9.30. The second-order valence-electron chi connectivity index (χ2n) is 3.10. The van der Waals surface area contributed by atoms with Gasteiger partial charge in [-0.15, -0.1) is 0 Å². The molecule has 0 unspecified atom stereocenters. The van der Waals surface area contributed by atoms with E-state index in [9.17, 15) is 4.79 Å². The van der Waals surface area contributed by atoms with E-state index >= 15 is 0 Å². The van der Waals surface area contributed by atoms with Gasteiger partial charge in [0.1, 0.15) is 5.60 Å². The van der Waals surface area contributed by atoms with Crippen LogP contribution in [0, 0.1) is 5.92 Å². The third-order valence-electron chi connectivity index (χ3n) is 2.02. The van der Waals surface area contributed by atoms with Gasteiger partial charge in [0, 0.05) is 0 Å². The van der Waals surface area contributed by atoms with Crippen molar-refractivity contribution in [3.63, 3.8) is 0 Å². The molecule has 0 aromatic heterocycles. The van der Waals surface area contributed by atoms with E-state index in [0.717, 1.165) is 0 Å². The van der Waals surface area contributed by atoms with Gasteiger partial charge in [0.2, 0.25) is 0 Å². The van der Waals surface area contributed by atoms with Crippen LogP contribution in [0.5, 0.6) is 0 Å². The molecule has 1 atom stereocenters. The Balaban J connectivity index is 4.34. The van der Waals surface area contributed by atoms with E-state index in [1.54, 1.807) is 13.0 Å². The first-order chi connectivity index (χ1) is 5.46. The second-order valence-corrected chi connectivity index (χ2v) is 3.10. The number of carbonyl (C=O) groups excluding carboxylic acids is 1. The van der Waals surface area contributed by atoms with Crippen LogP contribution in [0.15, 0.2) is 12.7 Å². The fourth-order valence-corrected chi connectivity index (χ4v) is 0.616. The van der Waals surface area contributed by atoms with Crippen LogP contribution in [0.3, 0.4) is 0 Å². The first kappa shape index (κ1) is 11.0. The highest BCUT2D eigenvalue weighted by atomic mass is 16.7. The van der Waals surface area contributed by atoms with Gasteiger partial charge in [-0.25, -0.2) is 4.79 Å². The maximum atomic E-state index is 10.8. The molecule has 70 valence electrons. The van der Waals surface area contributed by atoms with Crippen LogP contribution in [-0.4, -0.2) is 18.9 Å². The van der Waals surface area contributed by atoms with E-state index in [1.807, 2.05) is 13.8 Å². The first-order valence-electron chi connectivity index (χ1n) is 3.87. The van der Waals surface area contributed by atoms with Gasteiger partial charge in [0.25, 0.3) is 0 Å². The minimum Gasteiger partial charge on any atom is -0.438 e. The predicted octanol–water partition coefficient (Wildman–Crippen LogP) is 2.37. The van der Waals surface area contributed by atoms with Crippen molar-refractivity contribution in [1.82, 2.24) is 0 Å². The van der Waals surface area contributed by atoms with Crippen molar-refractivity contribution in [1.29, 1.82) is 0 Å². The number of ether oxygens (including phenoxy) is 2. The monoisotopic (exact) mass is 172 g/mol. The summed E-state index contributed by atoms with van der Waals surface area (Å²) in [5, 5.41) is 0. The predicted molar refractivity (Wildman–Crippen MR) is 46.9 cm³/mol. The Labute approximate surface area is 73.4 Å². The molecule has 0 aliphatic rings. The molecular formula is C9H16O3. The summed E-state index contributed by atoms with van der Waals surface area (Å²) in [6.07, 6.45) is 0.931. The highest BCUT2D eigenvalue weighted by molar-refractivity contribution is 5.60. The van der Waals surface area contributed by atoms with Gasteiger partial charge >= 0.3 is 6.16 Å². The van der Waals surface area contributed by atoms with Crippen molar-refractivity contribution in [3.8, 4) is 0 Å². The zero-order chi connectivity index (χ0) is 9.78. The van der Waals surface area contributed by atoms with Crippen molar-refractivity contribution in [2.45, 2.75) is 26.4 Å². The molecule has 0 saturated heterocycles. The van der Waals surface area contributed by atoms with E-state index < -0.39 is 11.8 Å². The van der Waals surface area contributed by atoms with Gasteiger partial charge in [-0.05, 0) is 18.9 Å². The molecule has 0 aromatic carbocycles. The zero-order valence-corrected chi connectivity index (χ0v) is 8.09. The van der Waals surface area contributed by atoms with Crippen molar-refractivity contribution >= 4 is 6.16 Å².